The molecule has 2 aliphatic carbocycles. The Bertz CT molecular complexity index is 991. The van der Waals surface area contributed by atoms with Gasteiger partial charge in [0.25, 0.3) is 0 Å². The zero-order valence-electron chi connectivity index (χ0n) is 22.2. The lowest BCUT2D eigenvalue weighted by atomic mass is 9.49. The van der Waals surface area contributed by atoms with Gasteiger partial charge in [0.15, 0.2) is 11.5 Å². The molecule has 34 heavy (non-hydrogen) atoms. The number of hydrogen-bond acceptors (Lipinski definition) is 4. The first-order valence-corrected chi connectivity index (χ1v) is 12.9. The van der Waals surface area contributed by atoms with Crippen LogP contribution in [0.4, 0.5) is 0 Å². The number of nitrogens with one attached hydrogen (secondary N) is 1. The molecule has 4 heteroatoms. The van der Waals surface area contributed by atoms with Gasteiger partial charge < -0.3 is 19.5 Å². The first kappa shape index (κ1) is 24.9. The molecular weight excluding hydrogens is 422 g/mol. The second-order valence-corrected chi connectivity index (χ2v) is 11.2. The summed E-state index contributed by atoms with van der Waals surface area (Å²) < 4.78 is 16.6. The minimum absolute atomic E-state index is 0.268. The number of ether oxygens (including phenoxy) is 3. The van der Waals surface area contributed by atoms with Crippen molar-refractivity contribution in [2.24, 2.45) is 11.3 Å². The molecule has 0 heterocycles. The van der Waals surface area contributed by atoms with E-state index in [-0.39, 0.29) is 10.8 Å². The monoisotopic (exact) mass is 465 g/mol. The van der Waals surface area contributed by atoms with Gasteiger partial charge in [-0.3, -0.25) is 0 Å². The van der Waals surface area contributed by atoms with Crippen molar-refractivity contribution in [2.75, 3.05) is 27.9 Å². The molecule has 2 aliphatic rings. The minimum Gasteiger partial charge on any atom is -0.493 e. The maximum atomic E-state index is 5.54. The number of fused-ring (bicyclic) bond motifs is 3. The van der Waals surface area contributed by atoms with E-state index in [0.29, 0.717) is 29.1 Å². The molecule has 186 valence electrons. The van der Waals surface area contributed by atoms with Gasteiger partial charge in [0, 0.05) is 13.1 Å². The topological polar surface area (TPSA) is 39.7 Å². The van der Waals surface area contributed by atoms with E-state index in [1.165, 1.54) is 37.7 Å². The van der Waals surface area contributed by atoms with Gasteiger partial charge in [-0.25, -0.2) is 0 Å². The highest BCUT2D eigenvalue weighted by atomic mass is 16.5. The van der Waals surface area contributed by atoms with Crippen LogP contribution in [0.2, 0.25) is 0 Å². The summed E-state index contributed by atoms with van der Waals surface area (Å²) in [4.78, 5) is 0. The molecule has 1 N–H and O–H groups in total. The van der Waals surface area contributed by atoms with Crippen LogP contribution in [0, 0.1) is 11.3 Å². The normalized spacial score (nSPS) is 26.1. The molecule has 4 nitrogen and oxygen atoms in total. The Morgan fingerprint density at radius 1 is 0.971 bits per heavy atom. The standard InChI is InChI=1S/C30H43NO3/c1-20(2)22-9-11-24-23(17-22)10-12-27-29(3,13-8-14-30(24,27)4)19-31-18-21-15-25(32-5)28(34-7)26(16-21)33-6/h9,11,15-17,20,27,31H,8,10,12-14,18-19H2,1-7H3. The second-order valence-electron chi connectivity index (χ2n) is 11.2. The first-order valence-electron chi connectivity index (χ1n) is 12.9. The fourth-order valence-corrected chi connectivity index (χ4v) is 6.94. The lowest BCUT2D eigenvalue weighted by Crippen LogP contribution is -2.52. The highest BCUT2D eigenvalue weighted by Crippen LogP contribution is 2.57. The van der Waals surface area contributed by atoms with E-state index in [4.69, 9.17) is 14.2 Å². The molecule has 0 aliphatic heterocycles. The van der Waals surface area contributed by atoms with Gasteiger partial charge in [-0.1, -0.05) is 52.3 Å². The third kappa shape index (κ3) is 4.42. The third-order valence-corrected chi connectivity index (χ3v) is 8.75. The Kier molecular flexibility index (Phi) is 7.19. The Morgan fingerprint density at radius 3 is 2.29 bits per heavy atom. The minimum atomic E-state index is 0.268. The van der Waals surface area contributed by atoms with E-state index in [0.717, 1.165) is 18.7 Å². The molecule has 0 bridgehead atoms. The second kappa shape index (κ2) is 9.81. The number of aryl methyl sites for hydroxylation is 1. The largest absolute Gasteiger partial charge is 0.493 e. The summed E-state index contributed by atoms with van der Waals surface area (Å²) in [6.07, 6.45) is 6.37. The predicted molar refractivity (Wildman–Crippen MR) is 139 cm³/mol. The number of hydrogen-bond donors (Lipinski definition) is 1. The van der Waals surface area contributed by atoms with E-state index < -0.39 is 0 Å². The van der Waals surface area contributed by atoms with Crippen LogP contribution >= 0.6 is 0 Å². The maximum Gasteiger partial charge on any atom is 0.203 e. The van der Waals surface area contributed by atoms with Crippen LogP contribution in [0.25, 0.3) is 0 Å². The van der Waals surface area contributed by atoms with Crippen LogP contribution in [-0.4, -0.2) is 27.9 Å². The van der Waals surface area contributed by atoms with Crippen LogP contribution in [-0.2, 0) is 18.4 Å². The van der Waals surface area contributed by atoms with Crippen molar-refractivity contribution < 1.29 is 14.2 Å². The number of rotatable bonds is 8. The molecular formula is C30H43NO3. The summed E-state index contributed by atoms with van der Waals surface area (Å²) in [7, 11) is 4.98. The van der Waals surface area contributed by atoms with Gasteiger partial charge in [0.05, 0.1) is 21.3 Å². The fourth-order valence-electron chi connectivity index (χ4n) is 6.94. The lowest BCUT2D eigenvalue weighted by molar-refractivity contribution is 0.0257. The van der Waals surface area contributed by atoms with Crippen molar-refractivity contribution in [3.63, 3.8) is 0 Å². The van der Waals surface area contributed by atoms with Crippen LogP contribution in [0.3, 0.4) is 0 Å². The summed E-state index contributed by atoms with van der Waals surface area (Å²) >= 11 is 0. The average molecular weight is 466 g/mol. The first-order chi connectivity index (χ1) is 16.3. The van der Waals surface area contributed by atoms with Crippen molar-refractivity contribution in [1.29, 1.82) is 0 Å². The van der Waals surface area contributed by atoms with E-state index >= 15 is 0 Å². The average Bonchev–Trinajstić information content (AvgIpc) is 2.82. The van der Waals surface area contributed by atoms with Gasteiger partial charge in [0.1, 0.15) is 0 Å². The molecule has 0 spiro atoms. The zero-order chi connectivity index (χ0) is 24.5. The van der Waals surface area contributed by atoms with Gasteiger partial charge in [-0.05, 0) is 82.7 Å². The summed E-state index contributed by atoms with van der Waals surface area (Å²) in [6, 6.07) is 11.4. The molecule has 0 saturated heterocycles. The molecule has 4 rings (SSSR count). The SMILES string of the molecule is COc1cc(CNCC2(C)CCCC3(C)c4ccc(C(C)C)cc4CCC23)cc(OC)c1OC. The Labute approximate surface area is 206 Å². The summed E-state index contributed by atoms with van der Waals surface area (Å²) in [6.45, 7) is 11.5. The quantitative estimate of drug-likeness (QED) is 0.475. The Morgan fingerprint density at radius 2 is 1.68 bits per heavy atom. The van der Waals surface area contributed by atoms with Crippen LogP contribution < -0.4 is 19.5 Å². The van der Waals surface area contributed by atoms with Crippen LogP contribution in [0.15, 0.2) is 30.3 Å². The van der Waals surface area contributed by atoms with Crippen molar-refractivity contribution in [3.05, 3.63) is 52.6 Å². The van der Waals surface area contributed by atoms with Crippen molar-refractivity contribution in [1.82, 2.24) is 5.32 Å². The molecule has 0 aromatic heterocycles. The lowest BCUT2D eigenvalue weighted by Gasteiger charge is -2.55. The maximum absolute atomic E-state index is 5.54. The smallest absolute Gasteiger partial charge is 0.203 e. The van der Waals surface area contributed by atoms with Crippen molar-refractivity contribution >= 4 is 0 Å². The highest BCUT2D eigenvalue weighted by Gasteiger charge is 2.51. The van der Waals surface area contributed by atoms with Gasteiger partial charge >= 0.3 is 0 Å². The number of methoxy groups -OCH3 is 3. The highest BCUT2D eigenvalue weighted by molar-refractivity contribution is 5.53. The predicted octanol–water partition coefficient (Wildman–Crippen LogP) is 6.64. The Balaban J connectivity index is 1.51. The van der Waals surface area contributed by atoms with Gasteiger partial charge in [-0.2, -0.15) is 0 Å². The van der Waals surface area contributed by atoms with Crippen molar-refractivity contribution in [3.8, 4) is 17.2 Å². The summed E-state index contributed by atoms with van der Waals surface area (Å²) in [5.41, 5.74) is 6.38. The molecule has 1 saturated carbocycles. The fraction of sp³-hybridized carbons (Fsp3) is 0.600. The molecule has 3 unspecified atom stereocenters. The Hall–Kier alpha value is -2.20. The third-order valence-electron chi connectivity index (χ3n) is 8.75. The van der Waals surface area contributed by atoms with Crippen LogP contribution in [0.1, 0.15) is 81.5 Å². The van der Waals surface area contributed by atoms with Crippen molar-refractivity contribution in [2.45, 2.75) is 77.7 Å². The summed E-state index contributed by atoms with van der Waals surface area (Å²) in [5.74, 6) is 3.34. The van der Waals surface area contributed by atoms with Crippen LogP contribution in [0.5, 0.6) is 17.2 Å². The summed E-state index contributed by atoms with van der Waals surface area (Å²) in [5, 5.41) is 3.80. The molecule has 2 aromatic carbocycles. The molecule has 0 radical (unpaired) electrons. The molecule has 1 fully saturated rings. The molecule has 2 aromatic rings. The zero-order valence-corrected chi connectivity index (χ0v) is 22.2. The molecule has 0 amide bonds. The van der Waals surface area contributed by atoms with Gasteiger partial charge in [-0.15, -0.1) is 0 Å². The number of benzene rings is 2. The van der Waals surface area contributed by atoms with E-state index in [1.807, 2.05) is 12.1 Å². The van der Waals surface area contributed by atoms with Gasteiger partial charge in [0.2, 0.25) is 5.75 Å². The van der Waals surface area contributed by atoms with E-state index in [2.05, 4.69) is 51.2 Å². The van der Waals surface area contributed by atoms with E-state index in [9.17, 15) is 0 Å². The van der Waals surface area contributed by atoms with E-state index in [1.54, 1.807) is 32.5 Å². The molecule has 3 atom stereocenters.